The van der Waals surface area contributed by atoms with Crippen LogP contribution in [0.15, 0.2) is 108 Å². The van der Waals surface area contributed by atoms with E-state index in [9.17, 15) is 0 Å². The molecule has 0 amide bonds. The fourth-order valence-corrected chi connectivity index (χ4v) is 2.26. The molecule has 0 spiro atoms. The molecule has 2 nitrogen and oxygen atoms in total. The van der Waals surface area contributed by atoms with Crippen LogP contribution in [0.5, 0.6) is 0 Å². The summed E-state index contributed by atoms with van der Waals surface area (Å²) in [5.41, 5.74) is 7.19. The maximum absolute atomic E-state index is 4.52. The Balaban J connectivity index is 1.80. The minimum absolute atomic E-state index is 0.844. The Morgan fingerprint density at radius 3 is 1.52 bits per heavy atom. The summed E-state index contributed by atoms with van der Waals surface area (Å²) in [5.74, 6) is 0. The summed E-state index contributed by atoms with van der Waals surface area (Å²) in [6.45, 7) is 0. The molecular formula is C23H20N2. The molecule has 2 heteroatoms. The Labute approximate surface area is 148 Å². The van der Waals surface area contributed by atoms with Crippen molar-refractivity contribution in [3.63, 3.8) is 0 Å². The summed E-state index contributed by atoms with van der Waals surface area (Å²) >= 11 is 0. The summed E-state index contributed by atoms with van der Waals surface area (Å²) < 4.78 is 0. The number of hydrogen-bond acceptors (Lipinski definition) is 2. The molecule has 0 aromatic heterocycles. The van der Waals surface area contributed by atoms with Gasteiger partial charge in [0.2, 0.25) is 0 Å². The molecule has 0 saturated heterocycles. The number of allylic oxidation sites excluding steroid dienone is 2. The molecule has 0 aliphatic carbocycles. The fraction of sp³-hybridized carbons (Fsp3) is 0. The Bertz CT molecular complexity index is 797. The van der Waals surface area contributed by atoms with Crippen LogP contribution in [0.25, 0.3) is 12.2 Å². The van der Waals surface area contributed by atoms with Crippen LogP contribution < -0.4 is 5.43 Å². The SMILES string of the molecule is C(=C\c1ccccc1)/C(/C=C/c1ccccc1)=NNc1ccccc1. The Hall–Kier alpha value is -3.39. The van der Waals surface area contributed by atoms with E-state index in [-0.39, 0.29) is 0 Å². The van der Waals surface area contributed by atoms with Crippen LogP contribution in [0.1, 0.15) is 11.1 Å². The van der Waals surface area contributed by atoms with Crippen molar-refractivity contribution >= 4 is 23.6 Å². The lowest BCUT2D eigenvalue weighted by atomic mass is 10.1. The molecule has 0 aliphatic rings. The van der Waals surface area contributed by atoms with Crippen LogP contribution in [0.3, 0.4) is 0 Å². The van der Waals surface area contributed by atoms with Gasteiger partial charge in [0.05, 0.1) is 11.4 Å². The second-order valence-corrected chi connectivity index (χ2v) is 5.50. The van der Waals surface area contributed by atoms with E-state index in [0.717, 1.165) is 22.5 Å². The van der Waals surface area contributed by atoms with Gasteiger partial charge in [-0.15, -0.1) is 0 Å². The van der Waals surface area contributed by atoms with Crippen LogP contribution in [-0.2, 0) is 0 Å². The standard InChI is InChI=1S/C23H20N2/c1-4-10-20(11-5-1)16-18-23(19-17-21-12-6-2-7-13-21)25-24-22-14-8-3-9-15-22/h1-19,24H/b18-16+,19-17+. The molecule has 3 aromatic rings. The molecule has 3 aromatic carbocycles. The van der Waals surface area contributed by atoms with E-state index in [1.807, 2.05) is 78.9 Å². The number of nitrogens with one attached hydrogen (secondary N) is 1. The van der Waals surface area contributed by atoms with Gasteiger partial charge in [-0.3, -0.25) is 5.43 Å². The molecular weight excluding hydrogens is 304 g/mol. The molecule has 3 rings (SSSR count). The maximum Gasteiger partial charge on any atom is 0.0833 e. The highest BCUT2D eigenvalue weighted by Gasteiger charge is 1.92. The zero-order valence-corrected chi connectivity index (χ0v) is 13.9. The van der Waals surface area contributed by atoms with Gasteiger partial charge in [0.1, 0.15) is 0 Å². The lowest BCUT2D eigenvalue weighted by Crippen LogP contribution is -1.95. The van der Waals surface area contributed by atoms with Gasteiger partial charge in [-0.05, 0) is 35.4 Å². The summed E-state index contributed by atoms with van der Waals surface area (Å²) in [6, 6.07) is 30.3. The average molecular weight is 324 g/mol. The van der Waals surface area contributed by atoms with Gasteiger partial charge in [-0.1, -0.05) is 91.0 Å². The summed E-state index contributed by atoms with van der Waals surface area (Å²) in [7, 11) is 0. The Morgan fingerprint density at radius 1 is 0.600 bits per heavy atom. The summed E-state index contributed by atoms with van der Waals surface area (Å²) in [5, 5.41) is 4.52. The van der Waals surface area contributed by atoms with Crippen molar-refractivity contribution < 1.29 is 0 Å². The van der Waals surface area contributed by atoms with Gasteiger partial charge in [-0.2, -0.15) is 5.10 Å². The van der Waals surface area contributed by atoms with Gasteiger partial charge < -0.3 is 0 Å². The first kappa shape index (κ1) is 16.5. The quantitative estimate of drug-likeness (QED) is 0.444. The third-order valence-electron chi connectivity index (χ3n) is 3.58. The van der Waals surface area contributed by atoms with E-state index < -0.39 is 0 Å². The number of nitrogens with zero attached hydrogens (tertiary/aromatic N) is 1. The van der Waals surface area contributed by atoms with E-state index in [0.29, 0.717) is 0 Å². The molecule has 0 saturated carbocycles. The monoisotopic (exact) mass is 324 g/mol. The van der Waals surface area contributed by atoms with Crippen LogP contribution in [0.4, 0.5) is 5.69 Å². The number of hydrogen-bond donors (Lipinski definition) is 1. The fourth-order valence-electron chi connectivity index (χ4n) is 2.26. The zero-order valence-electron chi connectivity index (χ0n) is 13.9. The minimum Gasteiger partial charge on any atom is -0.278 e. The molecule has 0 unspecified atom stereocenters. The molecule has 1 N–H and O–H groups in total. The smallest absolute Gasteiger partial charge is 0.0833 e. The third kappa shape index (κ3) is 5.63. The lowest BCUT2D eigenvalue weighted by Gasteiger charge is -2.01. The van der Waals surface area contributed by atoms with Crippen LogP contribution in [-0.4, -0.2) is 5.71 Å². The second kappa shape index (κ2) is 9.04. The molecule has 0 fully saturated rings. The summed E-state index contributed by atoms with van der Waals surface area (Å²) in [4.78, 5) is 0. The molecule has 25 heavy (non-hydrogen) atoms. The van der Waals surface area contributed by atoms with Crippen LogP contribution in [0.2, 0.25) is 0 Å². The van der Waals surface area contributed by atoms with Crippen molar-refractivity contribution in [3.8, 4) is 0 Å². The number of para-hydroxylation sites is 1. The van der Waals surface area contributed by atoms with Crippen molar-refractivity contribution in [1.29, 1.82) is 0 Å². The lowest BCUT2D eigenvalue weighted by molar-refractivity contribution is 1.34. The van der Waals surface area contributed by atoms with Crippen LogP contribution in [0, 0.1) is 0 Å². The first-order valence-corrected chi connectivity index (χ1v) is 8.25. The Kier molecular flexibility index (Phi) is 5.95. The van der Waals surface area contributed by atoms with E-state index >= 15 is 0 Å². The largest absolute Gasteiger partial charge is 0.278 e. The number of hydrazone groups is 1. The number of rotatable bonds is 6. The first-order chi connectivity index (χ1) is 12.4. The highest BCUT2D eigenvalue weighted by molar-refractivity contribution is 6.08. The highest BCUT2D eigenvalue weighted by atomic mass is 15.3. The molecule has 122 valence electrons. The average Bonchev–Trinajstić information content (AvgIpc) is 2.70. The predicted molar refractivity (Wildman–Crippen MR) is 108 cm³/mol. The van der Waals surface area contributed by atoms with Gasteiger partial charge in [0.25, 0.3) is 0 Å². The van der Waals surface area contributed by atoms with Gasteiger partial charge in [-0.25, -0.2) is 0 Å². The molecule has 0 atom stereocenters. The molecule has 0 radical (unpaired) electrons. The topological polar surface area (TPSA) is 24.4 Å². The minimum atomic E-state index is 0.844. The third-order valence-corrected chi connectivity index (χ3v) is 3.58. The van der Waals surface area contributed by atoms with Crippen molar-refractivity contribution in [2.45, 2.75) is 0 Å². The van der Waals surface area contributed by atoms with E-state index in [2.05, 4.69) is 46.9 Å². The first-order valence-electron chi connectivity index (χ1n) is 8.25. The molecule has 0 bridgehead atoms. The second-order valence-electron chi connectivity index (χ2n) is 5.50. The number of anilines is 1. The van der Waals surface area contributed by atoms with Crippen molar-refractivity contribution in [3.05, 3.63) is 114 Å². The maximum atomic E-state index is 4.52. The predicted octanol–water partition coefficient (Wildman–Crippen LogP) is 5.88. The van der Waals surface area contributed by atoms with Gasteiger partial charge >= 0.3 is 0 Å². The normalized spacial score (nSPS) is 10.9. The van der Waals surface area contributed by atoms with E-state index in [4.69, 9.17) is 0 Å². The van der Waals surface area contributed by atoms with Crippen LogP contribution >= 0.6 is 0 Å². The van der Waals surface area contributed by atoms with Crippen molar-refractivity contribution in [2.75, 3.05) is 5.43 Å². The van der Waals surface area contributed by atoms with Crippen molar-refractivity contribution in [2.24, 2.45) is 5.10 Å². The van der Waals surface area contributed by atoms with E-state index in [1.54, 1.807) is 0 Å². The van der Waals surface area contributed by atoms with Crippen molar-refractivity contribution in [1.82, 2.24) is 0 Å². The molecule has 0 aliphatic heterocycles. The molecule has 0 heterocycles. The number of benzene rings is 3. The van der Waals surface area contributed by atoms with Gasteiger partial charge in [0, 0.05) is 0 Å². The zero-order chi connectivity index (χ0) is 17.2. The Morgan fingerprint density at radius 2 is 1.04 bits per heavy atom. The highest BCUT2D eigenvalue weighted by Crippen LogP contribution is 2.07. The van der Waals surface area contributed by atoms with E-state index in [1.165, 1.54) is 0 Å². The summed E-state index contributed by atoms with van der Waals surface area (Å²) in [6.07, 6.45) is 8.12. The van der Waals surface area contributed by atoms with Gasteiger partial charge in [0.15, 0.2) is 0 Å².